The molecule has 0 saturated heterocycles. The van der Waals surface area contributed by atoms with Gasteiger partial charge in [0, 0.05) is 6.42 Å². The van der Waals surface area contributed by atoms with E-state index < -0.39 is 24.6 Å². The first kappa shape index (κ1) is 33.6. The first-order chi connectivity index (χ1) is 19.8. The quantitative estimate of drug-likeness (QED) is 0.124. The number of aliphatic hydroxyl groups is 1. The van der Waals surface area contributed by atoms with E-state index in [9.17, 15) is 32.2 Å². The molecule has 4 unspecified atom stereocenters. The maximum Gasteiger partial charge on any atom is 0.453 e. The standard InChI is InChI=1S/C33H48F5NO2S/c1-22-10-13-28-29-25(14-16-31(22,28)2)24-12-11-23(40)21-27(24)30(41)26(29)9-5-4-6-17-39(3)18-8-20-42-19-7-15-32(34,35)33(36,37)38/h11-12,21,25-26,28-30,40-41H,1,4-10,13-20H2,2-3H3/t25?,26?,28?,29?,30-,31-/m1/s1. The van der Waals surface area contributed by atoms with Crippen LogP contribution >= 0.6 is 11.8 Å². The number of hydrogen-bond acceptors (Lipinski definition) is 4. The molecule has 238 valence electrons. The Morgan fingerprint density at radius 3 is 2.45 bits per heavy atom. The van der Waals surface area contributed by atoms with E-state index >= 15 is 0 Å². The van der Waals surface area contributed by atoms with Gasteiger partial charge in [-0.15, -0.1) is 0 Å². The Labute approximate surface area is 252 Å². The summed E-state index contributed by atoms with van der Waals surface area (Å²) in [5.74, 6) is -1.78. The highest BCUT2D eigenvalue weighted by atomic mass is 32.2. The van der Waals surface area contributed by atoms with Crippen molar-refractivity contribution in [3.8, 4) is 5.75 Å². The number of hydrogen-bond donors (Lipinski definition) is 2. The smallest absolute Gasteiger partial charge is 0.453 e. The Morgan fingerprint density at radius 2 is 1.71 bits per heavy atom. The number of allylic oxidation sites excluding steroid dienone is 1. The maximum absolute atomic E-state index is 13.0. The van der Waals surface area contributed by atoms with Crippen molar-refractivity contribution in [2.45, 2.75) is 102 Å². The summed E-state index contributed by atoms with van der Waals surface area (Å²) in [6.07, 6.45) is 2.12. The van der Waals surface area contributed by atoms with Gasteiger partial charge in [0.1, 0.15) is 5.75 Å². The molecular formula is C33H48F5NO2S. The van der Waals surface area contributed by atoms with Crippen molar-refractivity contribution in [1.82, 2.24) is 4.90 Å². The molecule has 0 aliphatic heterocycles. The monoisotopic (exact) mass is 617 g/mol. The van der Waals surface area contributed by atoms with E-state index in [0.29, 0.717) is 23.5 Å². The van der Waals surface area contributed by atoms with Crippen molar-refractivity contribution >= 4 is 11.8 Å². The molecule has 9 heteroatoms. The van der Waals surface area contributed by atoms with Crippen LogP contribution in [0.2, 0.25) is 0 Å². The van der Waals surface area contributed by atoms with Crippen LogP contribution in [0.5, 0.6) is 5.75 Å². The van der Waals surface area contributed by atoms with Crippen molar-refractivity contribution in [2.24, 2.45) is 23.2 Å². The fourth-order valence-electron chi connectivity index (χ4n) is 8.14. The van der Waals surface area contributed by atoms with E-state index in [1.54, 1.807) is 12.1 Å². The Bertz CT molecular complexity index is 1070. The first-order valence-electron chi connectivity index (χ1n) is 15.7. The number of benzene rings is 1. The van der Waals surface area contributed by atoms with Gasteiger partial charge in [-0.1, -0.05) is 38.0 Å². The zero-order valence-corrected chi connectivity index (χ0v) is 25.9. The fourth-order valence-corrected chi connectivity index (χ4v) is 9.02. The minimum absolute atomic E-state index is 0.147. The molecule has 0 bridgehead atoms. The van der Waals surface area contributed by atoms with Gasteiger partial charge >= 0.3 is 12.1 Å². The molecule has 1 aromatic carbocycles. The number of aromatic hydroxyl groups is 1. The summed E-state index contributed by atoms with van der Waals surface area (Å²) in [5.41, 5.74) is 3.66. The van der Waals surface area contributed by atoms with Crippen LogP contribution in [0.1, 0.15) is 101 Å². The van der Waals surface area contributed by atoms with E-state index in [0.717, 1.165) is 82.2 Å². The third kappa shape index (κ3) is 7.31. The third-order valence-corrected chi connectivity index (χ3v) is 11.7. The molecule has 2 fully saturated rings. The summed E-state index contributed by atoms with van der Waals surface area (Å²) in [6.45, 7) is 8.64. The molecule has 0 heterocycles. The van der Waals surface area contributed by atoms with Gasteiger partial charge in [-0.05, 0) is 135 Å². The van der Waals surface area contributed by atoms with Gasteiger partial charge in [0.15, 0.2) is 0 Å². The number of unbranched alkanes of at least 4 members (excludes halogenated alkanes) is 2. The summed E-state index contributed by atoms with van der Waals surface area (Å²) in [6, 6.07) is 5.57. The molecule has 0 aromatic heterocycles. The number of phenolic OH excluding ortho intramolecular Hbond substituents is 1. The summed E-state index contributed by atoms with van der Waals surface area (Å²) >= 11 is 1.43. The van der Waals surface area contributed by atoms with E-state index in [2.05, 4.69) is 25.5 Å². The lowest BCUT2D eigenvalue weighted by molar-refractivity contribution is -0.284. The minimum atomic E-state index is -5.46. The van der Waals surface area contributed by atoms with Crippen LogP contribution in [-0.4, -0.2) is 58.9 Å². The highest BCUT2D eigenvalue weighted by molar-refractivity contribution is 7.99. The number of phenols is 1. The van der Waals surface area contributed by atoms with Crippen molar-refractivity contribution < 1.29 is 32.2 Å². The van der Waals surface area contributed by atoms with Crippen molar-refractivity contribution in [2.75, 3.05) is 31.6 Å². The summed E-state index contributed by atoms with van der Waals surface area (Å²) in [7, 11) is 2.06. The third-order valence-electron chi connectivity index (χ3n) is 10.6. The first-order valence-corrected chi connectivity index (χ1v) is 16.8. The van der Waals surface area contributed by atoms with Crippen LogP contribution in [0.3, 0.4) is 0 Å². The molecule has 0 spiro atoms. The van der Waals surface area contributed by atoms with Crippen molar-refractivity contribution in [1.29, 1.82) is 0 Å². The van der Waals surface area contributed by atoms with Gasteiger partial charge in [-0.25, -0.2) is 0 Å². The molecule has 2 N–H and O–H groups in total. The molecule has 3 nitrogen and oxygen atoms in total. The second-order valence-electron chi connectivity index (χ2n) is 13.2. The second-order valence-corrected chi connectivity index (χ2v) is 14.5. The normalized spacial score (nSPS) is 29.5. The molecule has 2 saturated carbocycles. The number of halogens is 5. The molecule has 3 aliphatic carbocycles. The number of aliphatic hydroxyl groups excluding tert-OH is 1. The topological polar surface area (TPSA) is 43.7 Å². The zero-order valence-electron chi connectivity index (χ0n) is 25.1. The van der Waals surface area contributed by atoms with Crippen LogP contribution in [0.15, 0.2) is 30.4 Å². The molecule has 0 amide bonds. The lowest BCUT2D eigenvalue weighted by Gasteiger charge is -2.54. The van der Waals surface area contributed by atoms with Crippen LogP contribution in [-0.2, 0) is 0 Å². The number of fused-ring (bicyclic) bond motifs is 5. The van der Waals surface area contributed by atoms with E-state index in [1.165, 1.54) is 22.9 Å². The summed E-state index contributed by atoms with van der Waals surface area (Å²) < 4.78 is 62.7. The lowest BCUT2D eigenvalue weighted by Crippen LogP contribution is -2.45. The van der Waals surface area contributed by atoms with Gasteiger partial charge in [0.2, 0.25) is 0 Å². The average molecular weight is 618 g/mol. The fraction of sp³-hybridized carbons (Fsp3) is 0.758. The number of nitrogens with zero attached hydrogens (tertiary/aromatic N) is 1. The predicted molar refractivity (Wildman–Crippen MR) is 160 cm³/mol. The van der Waals surface area contributed by atoms with Crippen molar-refractivity contribution in [3.05, 3.63) is 41.5 Å². The molecule has 4 rings (SSSR count). The predicted octanol–water partition coefficient (Wildman–Crippen LogP) is 9.11. The summed E-state index contributed by atoms with van der Waals surface area (Å²) in [5, 5.41) is 21.8. The van der Waals surface area contributed by atoms with Crippen LogP contribution in [0.25, 0.3) is 0 Å². The molecule has 42 heavy (non-hydrogen) atoms. The zero-order chi connectivity index (χ0) is 30.7. The minimum Gasteiger partial charge on any atom is -0.508 e. The van der Waals surface area contributed by atoms with E-state index in [-0.39, 0.29) is 23.5 Å². The maximum atomic E-state index is 13.0. The molecule has 3 aliphatic rings. The summed E-state index contributed by atoms with van der Waals surface area (Å²) in [4.78, 5) is 2.25. The van der Waals surface area contributed by atoms with Crippen LogP contribution in [0, 0.1) is 23.2 Å². The molecule has 1 aromatic rings. The number of rotatable bonds is 14. The largest absolute Gasteiger partial charge is 0.508 e. The van der Waals surface area contributed by atoms with Gasteiger partial charge in [-0.2, -0.15) is 33.7 Å². The Hall–Kier alpha value is -1.32. The molecular weight excluding hydrogens is 569 g/mol. The highest BCUT2D eigenvalue weighted by Crippen LogP contribution is 2.65. The second kappa shape index (κ2) is 13.8. The average Bonchev–Trinajstić information content (AvgIpc) is 3.22. The van der Waals surface area contributed by atoms with Crippen molar-refractivity contribution in [3.63, 3.8) is 0 Å². The number of alkyl halides is 5. The van der Waals surface area contributed by atoms with Gasteiger partial charge < -0.3 is 15.1 Å². The van der Waals surface area contributed by atoms with Gasteiger partial charge in [-0.3, -0.25) is 0 Å². The van der Waals surface area contributed by atoms with E-state index in [4.69, 9.17) is 0 Å². The number of thioether (sulfide) groups is 1. The SMILES string of the molecule is C=C1CCC2C3C(CC[C@]12C)c1ccc(O)cc1[C@H](O)C3CCCCCN(C)CCCSCCCC(F)(F)C(F)(F)F. The molecule has 0 radical (unpaired) electrons. The Morgan fingerprint density at radius 1 is 1.00 bits per heavy atom. The van der Waals surface area contributed by atoms with E-state index in [1.807, 2.05) is 6.07 Å². The lowest BCUT2D eigenvalue weighted by atomic mass is 9.51. The highest BCUT2D eigenvalue weighted by Gasteiger charge is 2.57. The Balaban J connectivity index is 1.20. The van der Waals surface area contributed by atoms with Crippen LogP contribution in [0.4, 0.5) is 22.0 Å². The van der Waals surface area contributed by atoms with Gasteiger partial charge in [0.05, 0.1) is 6.10 Å². The van der Waals surface area contributed by atoms with Crippen LogP contribution < -0.4 is 0 Å². The molecule has 6 atom stereocenters. The van der Waals surface area contributed by atoms with Gasteiger partial charge in [0.25, 0.3) is 0 Å². The Kier molecular flexibility index (Phi) is 11.0.